The summed E-state index contributed by atoms with van der Waals surface area (Å²) < 4.78 is 68.5. The second kappa shape index (κ2) is 67.9. The molecule has 3 N–H and O–H groups in total. The summed E-state index contributed by atoms with van der Waals surface area (Å²) in [5.74, 6) is -0.670. The molecule has 564 valence electrons. The third-order valence-corrected chi connectivity index (χ3v) is 20.3. The first-order valence-electron chi connectivity index (χ1n) is 39.6. The first kappa shape index (κ1) is 93.1. The third-order valence-electron chi connectivity index (χ3n) is 18.4. The number of rotatable bonds is 75. The predicted octanol–water partition coefficient (Wildman–Crippen LogP) is 22.3. The molecule has 17 nitrogen and oxygen atoms in total. The zero-order chi connectivity index (χ0) is 70.0. The van der Waals surface area contributed by atoms with E-state index in [9.17, 15) is 43.2 Å². The Balaban J connectivity index is 5.20. The average Bonchev–Trinajstić information content (AvgIpc) is 1.94. The van der Waals surface area contributed by atoms with E-state index in [4.69, 9.17) is 37.0 Å². The highest BCUT2D eigenvalue weighted by molar-refractivity contribution is 7.47. The first-order chi connectivity index (χ1) is 45.9. The Morgan fingerprint density at radius 3 is 0.747 bits per heavy atom. The van der Waals surface area contributed by atoms with E-state index in [1.54, 1.807) is 0 Å². The molecule has 0 spiro atoms. The minimum Gasteiger partial charge on any atom is -0.462 e. The smallest absolute Gasteiger partial charge is 0.462 e. The molecular weight excluding hydrogens is 1250 g/mol. The molecule has 0 rings (SSSR count). The maximum atomic E-state index is 13.1. The van der Waals surface area contributed by atoms with Crippen LogP contribution in [0, 0.1) is 11.8 Å². The van der Waals surface area contributed by atoms with Gasteiger partial charge in [-0.1, -0.05) is 343 Å². The monoisotopic (exact) mass is 1400 g/mol. The van der Waals surface area contributed by atoms with E-state index in [1.165, 1.54) is 205 Å². The number of unbranched alkanes of at least 4 members (excludes halogenated alkanes) is 43. The van der Waals surface area contributed by atoms with Crippen LogP contribution in [-0.4, -0.2) is 96.7 Å². The molecular formula is C76H148O17P2. The molecule has 0 fully saturated rings. The lowest BCUT2D eigenvalue weighted by molar-refractivity contribution is -0.161. The number of aliphatic hydroxyl groups is 1. The molecule has 0 aromatic carbocycles. The van der Waals surface area contributed by atoms with Gasteiger partial charge in [-0.2, -0.15) is 0 Å². The van der Waals surface area contributed by atoms with Crippen LogP contribution >= 0.6 is 15.6 Å². The number of phosphoric acid groups is 2. The molecule has 7 atom stereocenters. The van der Waals surface area contributed by atoms with E-state index in [2.05, 4.69) is 41.5 Å². The van der Waals surface area contributed by atoms with Gasteiger partial charge >= 0.3 is 39.5 Å². The number of esters is 4. The zero-order valence-corrected chi connectivity index (χ0v) is 63.8. The number of ether oxygens (including phenoxy) is 4. The van der Waals surface area contributed by atoms with Crippen LogP contribution in [0.5, 0.6) is 0 Å². The molecule has 0 aromatic rings. The molecule has 0 heterocycles. The standard InChI is InChI=1S/C76H148O17P2/c1-7-11-13-15-17-19-21-23-25-26-27-28-29-30-31-33-35-37-39-48-54-60-75(80)92-71(64-86-73(78)58-52-46-38-36-34-32-24-22-20-18-16-14-12-8-2)66-90-94(82,83)88-62-70(77)63-89-95(84,85)91-67-72(93-76(81)61-55-49-43-41-45-51-57-69(6)10-4)65-87-74(79)59-53-47-42-40-44-50-56-68(5)9-3/h68-72,77H,7-67H2,1-6H3,(H,82,83)(H,84,85)/t68?,69?,70-,71-,72-/m1/s1. The molecule has 19 heteroatoms. The third kappa shape index (κ3) is 67.6. The van der Waals surface area contributed by atoms with Gasteiger partial charge in [0.2, 0.25) is 0 Å². The maximum absolute atomic E-state index is 13.1. The van der Waals surface area contributed by atoms with Crippen LogP contribution < -0.4 is 0 Å². The van der Waals surface area contributed by atoms with E-state index in [-0.39, 0.29) is 25.7 Å². The Morgan fingerprint density at radius 2 is 0.505 bits per heavy atom. The van der Waals surface area contributed by atoms with E-state index >= 15 is 0 Å². The Bertz CT molecular complexity index is 1840. The Labute approximate surface area is 581 Å². The van der Waals surface area contributed by atoms with Crippen molar-refractivity contribution >= 4 is 39.5 Å². The van der Waals surface area contributed by atoms with Crippen molar-refractivity contribution in [1.29, 1.82) is 0 Å². The van der Waals surface area contributed by atoms with Gasteiger partial charge in [0.25, 0.3) is 0 Å². The van der Waals surface area contributed by atoms with Crippen LogP contribution in [0.15, 0.2) is 0 Å². The Morgan fingerprint density at radius 1 is 0.295 bits per heavy atom. The van der Waals surface area contributed by atoms with Crippen molar-refractivity contribution in [3.05, 3.63) is 0 Å². The van der Waals surface area contributed by atoms with Gasteiger partial charge in [-0.05, 0) is 37.5 Å². The molecule has 0 amide bonds. The number of hydrogen-bond acceptors (Lipinski definition) is 15. The van der Waals surface area contributed by atoms with Crippen molar-refractivity contribution in [2.75, 3.05) is 39.6 Å². The minimum absolute atomic E-state index is 0.102. The van der Waals surface area contributed by atoms with Crippen molar-refractivity contribution < 1.29 is 80.2 Å². The quantitative estimate of drug-likeness (QED) is 0.0222. The lowest BCUT2D eigenvalue weighted by Gasteiger charge is -2.21. The van der Waals surface area contributed by atoms with Gasteiger partial charge in [0.15, 0.2) is 12.2 Å². The van der Waals surface area contributed by atoms with Crippen molar-refractivity contribution in [2.45, 2.75) is 413 Å². The van der Waals surface area contributed by atoms with Crippen LogP contribution in [-0.2, 0) is 65.4 Å². The van der Waals surface area contributed by atoms with Crippen LogP contribution in [0.3, 0.4) is 0 Å². The lowest BCUT2D eigenvalue weighted by Crippen LogP contribution is -2.30. The molecule has 0 aromatic heterocycles. The normalized spacial score (nSPS) is 14.6. The number of carbonyl (C=O) groups excluding carboxylic acids is 4. The van der Waals surface area contributed by atoms with Crippen LogP contribution in [0.1, 0.15) is 395 Å². The fourth-order valence-electron chi connectivity index (χ4n) is 11.6. The highest BCUT2D eigenvalue weighted by atomic mass is 31.2. The van der Waals surface area contributed by atoms with E-state index < -0.39 is 97.5 Å². The molecule has 0 aliphatic heterocycles. The average molecular weight is 1400 g/mol. The van der Waals surface area contributed by atoms with Crippen LogP contribution in [0.4, 0.5) is 0 Å². The van der Waals surface area contributed by atoms with Gasteiger partial charge in [-0.15, -0.1) is 0 Å². The van der Waals surface area contributed by atoms with E-state index in [1.807, 2.05) is 0 Å². The van der Waals surface area contributed by atoms with Crippen LogP contribution in [0.25, 0.3) is 0 Å². The van der Waals surface area contributed by atoms with Gasteiger partial charge in [-0.25, -0.2) is 9.13 Å². The molecule has 95 heavy (non-hydrogen) atoms. The molecule has 0 aliphatic rings. The molecule has 0 radical (unpaired) electrons. The lowest BCUT2D eigenvalue weighted by atomic mass is 10.00. The predicted molar refractivity (Wildman–Crippen MR) is 386 cm³/mol. The summed E-state index contributed by atoms with van der Waals surface area (Å²) in [6.07, 6.45) is 55.7. The Kier molecular flexibility index (Phi) is 66.5. The summed E-state index contributed by atoms with van der Waals surface area (Å²) >= 11 is 0. The topological polar surface area (TPSA) is 237 Å². The van der Waals surface area contributed by atoms with E-state index in [0.29, 0.717) is 25.7 Å². The van der Waals surface area contributed by atoms with E-state index in [0.717, 1.165) is 108 Å². The first-order valence-corrected chi connectivity index (χ1v) is 42.6. The van der Waals surface area contributed by atoms with Crippen molar-refractivity contribution in [3.8, 4) is 0 Å². The summed E-state index contributed by atoms with van der Waals surface area (Å²) in [7, 11) is -9.91. The van der Waals surface area contributed by atoms with Gasteiger partial charge in [0, 0.05) is 25.7 Å². The number of aliphatic hydroxyl groups excluding tert-OH is 1. The van der Waals surface area contributed by atoms with Crippen LogP contribution in [0.2, 0.25) is 0 Å². The molecule has 0 aliphatic carbocycles. The fourth-order valence-corrected chi connectivity index (χ4v) is 13.2. The van der Waals surface area contributed by atoms with Crippen molar-refractivity contribution in [2.24, 2.45) is 11.8 Å². The molecule has 0 saturated carbocycles. The van der Waals surface area contributed by atoms with Gasteiger partial charge in [0.05, 0.1) is 26.4 Å². The summed E-state index contributed by atoms with van der Waals surface area (Å²) in [4.78, 5) is 72.7. The summed E-state index contributed by atoms with van der Waals surface area (Å²) in [6.45, 7) is 9.50. The molecule has 0 bridgehead atoms. The van der Waals surface area contributed by atoms with Crippen molar-refractivity contribution in [1.82, 2.24) is 0 Å². The fraction of sp³-hybridized carbons (Fsp3) is 0.947. The zero-order valence-electron chi connectivity index (χ0n) is 62.0. The van der Waals surface area contributed by atoms with Gasteiger partial charge < -0.3 is 33.8 Å². The Hall–Kier alpha value is -1.94. The summed E-state index contributed by atoms with van der Waals surface area (Å²) in [5, 5.41) is 10.6. The maximum Gasteiger partial charge on any atom is 0.472 e. The van der Waals surface area contributed by atoms with Gasteiger partial charge in [-0.3, -0.25) is 37.3 Å². The number of phosphoric ester groups is 2. The molecule has 4 unspecified atom stereocenters. The second-order valence-corrected chi connectivity index (χ2v) is 30.8. The summed E-state index contributed by atoms with van der Waals surface area (Å²) in [5.41, 5.74) is 0. The summed E-state index contributed by atoms with van der Waals surface area (Å²) in [6, 6.07) is 0. The van der Waals surface area contributed by atoms with Crippen molar-refractivity contribution in [3.63, 3.8) is 0 Å². The van der Waals surface area contributed by atoms with Gasteiger partial charge in [0.1, 0.15) is 19.3 Å². The number of hydrogen-bond donors (Lipinski definition) is 3. The SMILES string of the molecule is CCCCCCCCCCCCCCCCCCCCCCCC(=O)O[C@H](COC(=O)CCCCCCCCCCCCCCCC)COP(=O)(O)OC[C@@H](O)COP(=O)(O)OC[C@@H](COC(=O)CCCCCCCCC(C)CC)OC(=O)CCCCCCCCC(C)CC. The minimum atomic E-state index is -4.96. The highest BCUT2D eigenvalue weighted by Crippen LogP contribution is 2.45. The largest absolute Gasteiger partial charge is 0.472 e. The number of carbonyl (C=O) groups is 4. The highest BCUT2D eigenvalue weighted by Gasteiger charge is 2.30. The second-order valence-electron chi connectivity index (χ2n) is 27.9. The molecule has 0 saturated heterocycles.